The van der Waals surface area contributed by atoms with E-state index in [0.29, 0.717) is 0 Å². The van der Waals surface area contributed by atoms with Crippen LogP contribution in [0.5, 0.6) is 0 Å². The second kappa shape index (κ2) is 8.30. The van der Waals surface area contributed by atoms with Crippen molar-refractivity contribution in [3.63, 3.8) is 0 Å². The molecule has 5 aromatic carbocycles. The standard InChI is InChI=1S/C38H23N5/c1-3-10-24(11-4-1)42-32-16-8-7-14-26(32)30-22-31-27-17-18-28-35-29(15-9-19-39-35)38-40-20-21-41(38)36(28)37(27)43(34(31)23-33(30)42)25-12-5-2-6-13-25/h1-23H. The summed E-state index contributed by atoms with van der Waals surface area (Å²) in [5, 5.41) is 7.07. The number of para-hydroxylation sites is 3. The Morgan fingerprint density at radius 1 is 0.419 bits per heavy atom. The Morgan fingerprint density at radius 3 is 1.93 bits per heavy atom. The molecule has 0 radical (unpaired) electrons. The summed E-state index contributed by atoms with van der Waals surface area (Å²) >= 11 is 0. The monoisotopic (exact) mass is 549 g/mol. The molecule has 0 spiro atoms. The van der Waals surface area contributed by atoms with Crippen LogP contribution >= 0.6 is 0 Å². The van der Waals surface area contributed by atoms with Gasteiger partial charge >= 0.3 is 0 Å². The average Bonchev–Trinajstić information content (AvgIpc) is 3.77. The summed E-state index contributed by atoms with van der Waals surface area (Å²) in [6.07, 6.45) is 5.83. The van der Waals surface area contributed by atoms with Crippen molar-refractivity contribution in [1.82, 2.24) is 23.5 Å². The topological polar surface area (TPSA) is 40.1 Å². The molecule has 0 N–H and O–H groups in total. The second-order valence-corrected chi connectivity index (χ2v) is 11.1. The minimum Gasteiger partial charge on any atom is -0.309 e. The molecular weight excluding hydrogens is 526 g/mol. The molecule has 10 aromatic rings. The highest BCUT2D eigenvalue weighted by molar-refractivity contribution is 6.25. The zero-order valence-corrected chi connectivity index (χ0v) is 23.0. The van der Waals surface area contributed by atoms with Gasteiger partial charge in [-0.1, -0.05) is 60.7 Å². The first-order valence-corrected chi connectivity index (χ1v) is 14.5. The van der Waals surface area contributed by atoms with Gasteiger partial charge in [0.15, 0.2) is 0 Å². The quantitative estimate of drug-likeness (QED) is 0.202. The molecule has 0 fully saturated rings. The molecule has 0 saturated heterocycles. The van der Waals surface area contributed by atoms with Gasteiger partial charge in [0.2, 0.25) is 0 Å². The zero-order valence-electron chi connectivity index (χ0n) is 23.0. The first-order chi connectivity index (χ1) is 21.4. The minimum atomic E-state index is 0.916. The fraction of sp³-hybridized carbons (Fsp3) is 0. The molecule has 0 saturated carbocycles. The number of benzene rings is 5. The molecule has 5 nitrogen and oxygen atoms in total. The molecule has 0 aliphatic carbocycles. The maximum Gasteiger partial charge on any atom is 0.146 e. The fourth-order valence-corrected chi connectivity index (χ4v) is 7.17. The van der Waals surface area contributed by atoms with Crippen molar-refractivity contribution < 1.29 is 0 Å². The van der Waals surface area contributed by atoms with Crippen molar-refractivity contribution in [3.05, 3.63) is 140 Å². The van der Waals surface area contributed by atoms with Crippen LogP contribution in [0, 0.1) is 0 Å². The van der Waals surface area contributed by atoms with Gasteiger partial charge in [-0.25, -0.2) is 4.98 Å². The Kier molecular flexibility index (Phi) is 4.39. The lowest BCUT2D eigenvalue weighted by Crippen LogP contribution is -1.98. The highest BCUT2D eigenvalue weighted by Crippen LogP contribution is 2.42. The van der Waals surface area contributed by atoms with Crippen LogP contribution in [0.4, 0.5) is 0 Å². The molecule has 5 heterocycles. The lowest BCUT2D eigenvalue weighted by atomic mass is 10.1. The molecule has 43 heavy (non-hydrogen) atoms. The fourth-order valence-electron chi connectivity index (χ4n) is 7.17. The van der Waals surface area contributed by atoms with Crippen LogP contribution < -0.4 is 0 Å². The first kappa shape index (κ1) is 22.7. The summed E-state index contributed by atoms with van der Waals surface area (Å²) in [6.45, 7) is 0. The Morgan fingerprint density at radius 2 is 1.09 bits per heavy atom. The molecule has 10 rings (SSSR count). The first-order valence-electron chi connectivity index (χ1n) is 14.5. The Hall–Kier alpha value is -5.94. The largest absolute Gasteiger partial charge is 0.309 e. The van der Waals surface area contributed by atoms with Crippen LogP contribution in [-0.4, -0.2) is 23.5 Å². The van der Waals surface area contributed by atoms with E-state index in [1.807, 2.05) is 18.5 Å². The van der Waals surface area contributed by atoms with Crippen LogP contribution in [0.1, 0.15) is 0 Å². The molecule has 5 heteroatoms. The maximum absolute atomic E-state index is 4.85. The van der Waals surface area contributed by atoms with Gasteiger partial charge in [-0.15, -0.1) is 0 Å². The van der Waals surface area contributed by atoms with Gasteiger partial charge in [-0.2, -0.15) is 0 Å². The minimum absolute atomic E-state index is 0.916. The highest BCUT2D eigenvalue weighted by Gasteiger charge is 2.22. The summed E-state index contributed by atoms with van der Waals surface area (Å²) < 4.78 is 7.05. The predicted octanol–water partition coefficient (Wildman–Crippen LogP) is 9.23. The number of nitrogens with zero attached hydrogens (tertiary/aromatic N) is 5. The van der Waals surface area contributed by atoms with Gasteiger partial charge in [0, 0.05) is 62.3 Å². The molecule has 0 bridgehead atoms. The summed E-state index contributed by atoms with van der Waals surface area (Å²) in [7, 11) is 0. The third-order valence-electron chi connectivity index (χ3n) is 8.91. The van der Waals surface area contributed by atoms with E-state index in [1.165, 1.54) is 32.6 Å². The van der Waals surface area contributed by atoms with E-state index in [-0.39, 0.29) is 0 Å². The Bertz CT molecular complexity index is 2710. The van der Waals surface area contributed by atoms with E-state index >= 15 is 0 Å². The van der Waals surface area contributed by atoms with E-state index in [2.05, 4.69) is 135 Å². The van der Waals surface area contributed by atoms with Crippen molar-refractivity contribution in [2.75, 3.05) is 0 Å². The summed E-state index contributed by atoms with van der Waals surface area (Å²) in [5.74, 6) is 0. The average molecular weight is 550 g/mol. The zero-order chi connectivity index (χ0) is 28.1. The molecular formula is C38H23N5. The maximum atomic E-state index is 4.85. The van der Waals surface area contributed by atoms with Gasteiger partial charge in [0.05, 0.1) is 33.1 Å². The van der Waals surface area contributed by atoms with Crippen LogP contribution in [0.15, 0.2) is 140 Å². The predicted molar refractivity (Wildman–Crippen MR) is 177 cm³/mol. The Balaban J connectivity index is 1.48. The van der Waals surface area contributed by atoms with Crippen LogP contribution in [0.2, 0.25) is 0 Å². The van der Waals surface area contributed by atoms with E-state index in [9.17, 15) is 0 Å². The second-order valence-electron chi connectivity index (χ2n) is 11.1. The third kappa shape index (κ3) is 2.95. The lowest BCUT2D eigenvalue weighted by molar-refractivity contribution is 1.16. The van der Waals surface area contributed by atoms with Crippen LogP contribution in [0.25, 0.3) is 82.4 Å². The number of hydrogen-bond acceptors (Lipinski definition) is 2. The molecule has 200 valence electrons. The summed E-state index contributed by atoms with van der Waals surface area (Å²) in [5.41, 5.74) is 9.96. The molecule has 0 aliphatic rings. The molecule has 5 aromatic heterocycles. The third-order valence-corrected chi connectivity index (χ3v) is 8.91. The summed E-state index contributed by atoms with van der Waals surface area (Å²) in [6, 6.07) is 43.4. The van der Waals surface area contributed by atoms with Crippen molar-refractivity contribution >= 4 is 71.1 Å². The van der Waals surface area contributed by atoms with E-state index < -0.39 is 0 Å². The van der Waals surface area contributed by atoms with Crippen LogP contribution in [-0.2, 0) is 0 Å². The van der Waals surface area contributed by atoms with Crippen molar-refractivity contribution in [2.24, 2.45) is 0 Å². The normalized spacial score (nSPS) is 12.2. The molecule has 0 unspecified atom stereocenters. The van der Waals surface area contributed by atoms with Crippen molar-refractivity contribution in [1.29, 1.82) is 0 Å². The molecule has 0 aliphatic heterocycles. The molecule has 0 amide bonds. The van der Waals surface area contributed by atoms with E-state index in [1.54, 1.807) is 0 Å². The van der Waals surface area contributed by atoms with Crippen molar-refractivity contribution in [2.45, 2.75) is 0 Å². The smallest absolute Gasteiger partial charge is 0.146 e. The number of fused-ring (bicyclic) bond motifs is 13. The number of imidazole rings is 1. The number of aromatic nitrogens is 5. The molecule has 0 atom stereocenters. The van der Waals surface area contributed by atoms with Crippen LogP contribution in [0.3, 0.4) is 0 Å². The summed E-state index contributed by atoms with van der Waals surface area (Å²) in [4.78, 5) is 9.64. The highest BCUT2D eigenvalue weighted by atomic mass is 15.0. The Labute approximate surface area is 245 Å². The number of hydrogen-bond donors (Lipinski definition) is 0. The number of pyridine rings is 2. The van der Waals surface area contributed by atoms with Gasteiger partial charge in [-0.05, 0) is 60.7 Å². The van der Waals surface area contributed by atoms with Gasteiger partial charge in [0.25, 0.3) is 0 Å². The van der Waals surface area contributed by atoms with E-state index in [0.717, 1.165) is 49.9 Å². The van der Waals surface area contributed by atoms with Gasteiger partial charge < -0.3 is 9.13 Å². The lowest BCUT2D eigenvalue weighted by Gasteiger charge is -2.13. The van der Waals surface area contributed by atoms with E-state index in [4.69, 9.17) is 9.97 Å². The van der Waals surface area contributed by atoms with Gasteiger partial charge in [-0.3, -0.25) is 9.38 Å². The van der Waals surface area contributed by atoms with Crippen molar-refractivity contribution in [3.8, 4) is 11.4 Å². The number of rotatable bonds is 2. The van der Waals surface area contributed by atoms with Gasteiger partial charge in [0.1, 0.15) is 5.65 Å². The SMILES string of the molecule is c1ccc(-n2c3ccccc3c3cc4c5ccc6c7ncccc7c7nccn7c6c5n(-c5ccccc5)c4cc32)cc1.